The highest BCUT2D eigenvalue weighted by molar-refractivity contribution is 5.75. The van der Waals surface area contributed by atoms with Gasteiger partial charge in [-0.05, 0) is 49.8 Å². The molecule has 22 heavy (non-hydrogen) atoms. The Labute approximate surface area is 133 Å². The quantitative estimate of drug-likeness (QED) is 0.690. The molecular formula is C17H27N3O2. The monoisotopic (exact) mass is 305 g/mol. The molecule has 0 aliphatic carbocycles. The van der Waals surface area contributed by atoms with Gasteiger partial charge in [-0.25, -0.2) is 4.79 Å². The summed E-state index contributed by atoms with van der Waals surface area (Å²) in [7, 11) is 1.63. The molecule has 122 valence electrons. The third-order valence-electron chi connectivity index (χ3n) is 3.42. The first-order valence-corrected chi connectivity index (χ1v) is 7.76. The number of carbonyl (C=O) groups is 1. The van der Waals surface area contributed by atoms with E-state index in [1.165, 1.54) is 0 Å². The van der Waals surface area contributed by atoms with Gasteiger partial charge >= 0.3 is 6.03 Å². The SMILES string of the molecule is CCN(CC)CCCNC(=O)N/C=C/c1cccc(OC)c1. The van der Waals surface area contributed by atoms with E-state index in [0.717, 1.165) is 37.4 Å². The normalized spacial score (nSPS) is 10.9. The van der Waals surface area contributed by atoms with Crippen LogP contribution in [-0.2, 0) is 0 Å². The lowest BCUT2D eigenvalue weighted by molar-refractivity contribution is 0.242. The van der Waals surface area contributed by atoms with Gasteiger partial charge in [0.05, 0.1) is 7.11 Å². The predicted molar refractivity (Wildman–Crippen MR) is 91.0 cm³/mol. The summed E-state index contributed by atoms with van der Waals surface area (Å²) in [6.45, 7) is 8.07. The zero-order valence-corrected chi connectivity index (χ0v) is 13.8. The second kappa shape index (κ2) is 10.7. The molecule has 0 bridgehead atoms. The average Bonchev–Trinajstić information content (AvgIpc) is 2.55. The molecule has 2 N–H and O–H groups in total. The minimum atomic E-state index is -0.182. The Hall–Kier alpha value is -2.01. The zero-order valence-electron chi connectivity index (χ0n) is 13.8. The van der Waals surface area contributed by atoms with Gasteiger partial charge < -0.3 is 20.3 Å². The van der Waals surface area contributed by atoms with Gasteiger partial charge in [-0.15, -0.1) is 0 Å². The van der Waals surface area contributed by atoms with Crippen LogP contribution < -0.4 is 15.4 Å². The maximum atomic E-state index is 11.6. The molecule has 0 radical (unpaired) electrons. The van der Waals surface area contributed by atoms with Gasteiger partial charge in [0, 0.05) is 12.7 Å². The van der Waals surface area contributed by atoms with Crippen LogP contribution in [0.3, 0.4) is 0 Å². The summed E-state index contributed by atoms with van der Waals surface area (Å²) in [5.74, 6) is 0.794. The van der Waals surface area contributed by atoms with Crippen LogP contribution in [0.4, 0.5) is 4.79 Å². The minimum Gasteiger partial charge on any atom is -0.497 e. The Morgan fingerprint density at radius 3 is 2.77 bits per heavy atom. The minimum absolute atomic E-state index is 0.182. The number of methoxy groups -OCH3 is 1. The standard InChI is InChI=1S/C17H27N3O2/c1-4-20(5-2)13-7-11-18-17(21)19-12-10-15-8-6-9-16(14-15)22-3/h6,8-10,12,14H,4-5,7,11,13H2,1-3H3,(H2,18,19,21)/b12-10+. The highest BCUT2D eigenvalue weighted by Crippen LogP contribution is 2.13. The van der Waals surface area contributed by atoms with Crippen molar-refractivity contribution in [2.45, 2.75) is 20.3 Å². The highest BCUT2D eigenvalue weighted by Gasteiger charge is 2.00. The predicted octanol–water partition coefficient (Wildman–Crippen LogP) is 2.70. The molecule has 0 unspecified atom stereocenters. The smallest absolute Gasteiger partial charge is 0.318 e. The fourth-order valence-electron chi connectivity index (χ4n) is 2.05. The number of amides is 2. The Morgan fingerprint density at radius 1 is 1.32 bits per heavy atom. The van der Waals surface area contributed by atoms with Crippen molar-refractivity contribution in [2.24, 2.45) is 0 Å². The largest absolute Gasteiger partial charge is 0.497 e. The van der Waals surface area contributed by atoms with E-state index in [1.807, 2.05) is 30.3 Å². The maximum Gasteiger partial charge on any atom is 0.318 e. The zero-order chi connectivity index (χ0) is 16.2. The number of carbonyl (C=O) groups excluding carboxylic acids is 1. The highest BCUT2D eigenvalue weighted by atomic mass is 16.5. The third kappa shape index (κ3) is 7.13. The summed E-state index contributed by atoms with van der Waals surface area (Å²) in [6, 6.07) is 7.46. The van der Waals surface area contributed by atoms with Crippen LogP contribution in [0, 0.1) is 0 Å². The van der Waals surface area contributed by atoms with Gasteiger partial charge in [0.25, 0.3) is 0 Å². The molecule has 0 aliphatic rings. The number of ether oxygens (including phenoxy) is 1. The Balaban J connectivity index is 2.23. The summed E-state index contributed by atoms with van der Waals surface area (Å²) in [5, 5.41) is 5.54. The molecular weight excluding hydrogens is 278 g/mol. The van der Waals surface area contributed by atoms with Gasteiger partial charge in [-0.1, -0.05) is 26.0 Å². The molecule has 1 aromatic rings. The Kier molecular flexibility index (Phi) is 8.76. The van der Waals surface area contributed by atoms with Gasteiger partial charge in [0.2, 0.25) is 0 Å². The first-order chi connectivity index (χ1) is 10.7. The molecule has 1 aromatic carbocycles. The van der Waals surface area contributed by atoms with E-state index >= 15 is 0 Å². The molecule has 0 saturated heterocycles. The van der Waals surface area contributed by atoms with Gasteiger partial charge in [0.15, 0.2) is 0 Å². The average molecular weight is 305 g/mol. The number of urea groups is 1. The molecule has 0 atom stereocenters. The number of benzene rings is 1. The maximum absolute atomic E-state index is 11.6. The lowest BCUT2D eigenvalue weighted by atomic mass is 10.2. The van der Waals surface area contributed by atoms with Crippen LogP contribution >= 0.6 is 0 Å². The van der Waals surface area contributed by atoms with Crippen molar-refractivity contribution in [3.63, 3.8) is 0 Å². The number of hydrogen-bond acceptors (Lipinski definition) is 3. The molecule has 2 amide bonds. The lowest BCUT2D eigenvalue weighted by Gasteiger charge is -2.17. The summed E-state index contributed by atoms with van der Waals surface area (Å²) < 4.78 is 5.15. The van der Waals surface area contributed by atoms with E-state index < -0.39 is 0 Å². The second-order valence-electron chi connectivity index (χ2n) is 4.89. The molecule has 5 heteroatoms. The molecule has 0 aromatic heterocycles. The van der Waals surface area contributed by atoms with Crippen molar-refractivity contribution in [1.29, 1.82) is 0 Å². The van der Waals surface area contributed by atoms with Crippen LogP contribution in [0.25, 0.3) is 6.08 Å². The molecule has 0 aliphatic heterocycles. The van der Waals surface area contributed by atoms with Crippen molar-refractivity contribution in [3.05, 3.63) is 36.0 Å². The molecule has 0 heterocycles. The van der Waals surface area contributed by atoms with E-state index in [9.17, 15) is 4.79 Å². The van der Waals surface area contributed by atoms with E-state index in [-0.39, 0.29) is 6.03 Å². The van der Waals surface area contributed by atoms with Gasteiger partial charge in [-0.3, -0.25) is 0 Å². The van der Waals surface area contributed by atoms with Crippen molar-refractivity contribution < 1.29 is 9.53 Å². The van der Waals surface area contributed by atoms with Crippen molar-refractivity contribution in [2.75, 3.05) is 33.3 Å². The topological polar surface area (TPSA) is 53.6 Å². The van der Waals surface area contributed by atoms with E-state index in [2.05, 4.69) is 29.4 Å². The Morgan fingerprint density at radius 2 is 2.09 bits per heavy atom. The van der Waals surface area contributed by atoms with E-state index in [0.29, 0.717) is 6.54 Å². The lowest BCUT2D eigenvalue weighted by Crippen LogP contribution is -2.34. The van der Waals surface area contributed by atoms with Crippen molar-refractivity contribution >= 4 is 12.1 Å². The molecule has 5 nitrogen and oxygen atoms in total. The summed E-state index contributed by atoms with van der Waals surface area (Å²) in [5.41, 5.74) is 0.973. The van der Waals surface area contributed by atoms with Crippen LogP contribution in [0.15, 0.2) is 30.5 Å². The molecule has 1 rings (SSSR count). The number of hydrogen-bond donors (Lipinski definition) is 2. The van der Waals surface area contributed by atoms with Gasteiger partial charge in [-0.2, -0.15) is 0 Å². The van der Waals surface area contributed by atoms with Gasteiger partial charge in [0.1, 0.15) is 5.75 Å². The second-order valence-corrected chi connectivity index (χ2v) is 4.89. The first kappa shape index (κ1) is 18.0. The van der Waals surface area contributed by atoms with Crippen molar-refractivity contribution in [1.82, 2.24) is 15.5 Å². The fraction of sp³-hybridized carbons (Fsp3) is 0.471. The van der Waals surface area contributed by atoms with Crippen LogP contribution in [0.5, 0.6) is 5.75 Å². The van der Waals surface area contributed by atoms with E-state index in [4.69, 9.17) is 4.74 Å². The Bertz CT molecular complexity index is 471. The summed E-state index contributed by atoms with van der Waals surface area (Å²) >= 11 is 0. The van der Waals surface area contributed by atoms with Crippen LogP contribution in [0.2, 0.25) is 0 Å². The summed E-state index contributed by atoms with van der Waals surface area (Å²) in [4.78, 5) is 14.0. The number of nitrogens with one attached hydrogen (secondary N) is 2. The third-order valence-corrected chi connectivity index (χ3v) is 3.42. The fourth-order valence-corrected chi connectivity index (χ4v) is 2.05. The number of rotatable bonds is 9. The van der Waals surface area contributed by atoms with Crippen molar-refractivity contribution in [3.8, 4) is 5.75 Å². The summed E-state index contributed by atoms with van der Waals surface area (Å²) in [6.07, 6.45) is 4.42. The molecule has 0 fully saturated rings. The van der Waals surface area contributed by atoms with E-state index in [1.54, 1.807) is 13.3 Å². The molecule has 0 spiro atoms. The van der Waals surface area contributed by atoms with Crippen LogP contribution in [-0.4, -0.2) is 44.2 Å². The number of nitrogens with zero attached hydrogens (tertiary/aromatic N) is 1. The molecule has 0 saturated carbocycles. The first-order valence-electron chi connectivity index (χ1n) is 7.76. The van der Waals surface area contributed by atoms with Crippen LogP contribution in [0.1, 0.15) is 25.8 Å².